The number of benzene rings is 1. The van der Waals surface area contributed by atoms with Gasteiger partial charge in [-0.1, -0.05) is 55.7 Å². The van der Waals surface area contributed by atoms with Crippen molar-refractivity contribution in [2.45, 2.75) is 39.0 Å². The largest absolute Gasteiger partial charge is 0.359 e. The van der Waals surface area contributed by atoms with E-state index in [0.29, 0.717) is 23.7 Å². The number of anilines is 1. The van der Waals surface area contributed by atoms with Crippen LogP contribution in [0.1, 0.15) is 38.5 Å². The van der Waals surface area contributed by atoms with Gasteiger partial charge in [-0.2, -0.15) is 0 Å². The van der Waals surface area contributed by atoms with Crippen LogP contribution in [0.25, 0.3) is 0 Å². The van der Waals surface area contributed by atoms with E-state index in [1.165, 1.54) is 0 Å². The zero-order chi connectivity index (χ0) is 15.5. The highest BCUT2D eigenvalue weighted by Crippen LogP contribution is 2.24. The standard InChI is InChI=1S/C16H19ClN2O2/c1-16(2,3)13-10-14(19-21-13)18-15(20)9-8-11-6-4-5-7-12(11)17/h4-7,10H,8-9H2,1-3H3,(H,18,19,20). The minimum absolute atomic E-state index is 0.108. The van der Waals surface area contributed by atoms with Crippen molar-refractivity contribution in [1.82, 2.24) is 5.16 Å². The molecule has 1 heterocycles. The maximum absolute atomic E-state index is 11.9. The van der Waals surface area contributed by atoms with Gasteiger partial charge in [-0.3, -0.25) is 4.79 Å². The van der Waals surface area contributed by atoms with Crippen LogP contribution in [0.2, 0.25) is 5.02 Å². The third kappa shape index (κ3) is 4.33. The number of aryl methyl sites for hydroxylation is 1. The molecule has 0 bridgehead atoms. The summed E-state index contributed by atoms with van der Waals surface area (Å²) in [5.74, 6) is 1.08. The average molecular weight is 307 g/mol. The molecule has 0 radical (unpaired) electrons. The molecule has 21 heavy (non-hydrogen) atoms. The molecule has 0 unspecified atom stereocenters. The lowest BCUT2D eigenvalue weighted by atomic mass is 9.93. The molecule has 0 atom stereocenters. The van der Waals surface area contributed by atoms with E-state index in [2.05, 4.69) is 10.5 Å². The molecule has 0 aliphatic rings. The number of halogens is 1. The molecule has 0 saturated carbocycles. The molecule has 1 amide bonds. The van der Waals surface area contributed by atoms with Gasteiger partial charge in [-0.25, -0.2) is 0 Å². The minimum Gasteiger partial charge on any atom is -0.359 e. The van der Waals surface area contributed by atoms with Gasteiger partial charge >= 0.3 is 0 Å². The lowest BCUT2D eigenvalue weighted by Gasteiger charge is -2.12. The Kier molecular flexibility index (Phi) is 4.68. The lowest BCUT2D eigenvalue weighted by molar-refractivity contribution is -0.116. The molecular formula is C16H19ClN2O2. The summed E-state index contributed by atoms with van der Waals surface area (Å²) < 4.78 is 5.23. The second-order valence-electron chi connectivity index (χ2n) is 5.97. The Labute approximate surface area is 129 Å². The predicted molar refractivity (Wildman–Crippen MR) is 83.6 cm³/mol. The fourth-order valence-electron chi connectivity index (χ4n) is 1.84. The summed E-state index contributed by atoms with van der Waals surface area (Å²) in [6, 6.07) is 9.28. The molecule has 0 fully saturated rings. The summed E-state index contributed by atoms with van der Waals surface area (Å²) in [6.07, 6.45) is 0.941. The predicted octanol–water partition coefficient (Wildman–Crippen LogP) is 4.20. The fraction of sp³-hybridized carbons (Fsp3) is 0.375. The number of amides is 1. The van der Waals surface area contributed by atoms with E-state index >= 15 is 0 Å². The van der Waals surface area contributed by atoms with Crippen molar-refractivity contribution in [3.63, 3.8) is 0 Å². The number of carbonyl (C=O) groups is 1. The highest BCUT2D eigenvalue weighted by Gasteiger charge is 2.20. The van der Waals surface area contributed by atoms with Crippen molar-refractivity contribution in [3.8, 4) is 0 Å². The maximum Gasteiger partial charge on any atom is 0.225 e. The SMILES string of the molecule is CC(C)(C)c1cc(NC(=O)CCc2ccccc2Cl)no1. The Morgan fingerprint density at radius 2 is 2.05 bits per heavy atom. The third-order valence-electron chi connectivity index (χ3n) is 3.10. The summed E-state index contributed by atoms with van der Waals surface area (Å²) >= 11 is 6.06. The Morgan fingerprint density at radius 1 is 1.33 bits per heavy atom. The van der Waals surface area contributed by atoms with Crippen LogP contribution in [0.4, 0.5) is 5.82 Å². The van der Waals surface area contributed by atoms with Crippen LogP contribution in [0.5, 0.6) is 0 Å². The van der Waals surface area contributed by atoms with Gasteiger partial charge in [0.15, 0.2) is 5.82 Å². The van der Waals surface area contributed by atoms with E-state index in [1.807, 2.05) is 45.0 Å². The van der Waals surface area contributed by atoms with Crippen molar-refractivity contribution in [3.05, 3.63) is 46.7 Å². The summed E-state index contributed by atoms with van der Waals surface area (Å²) in [6.45, 7) is 6.07. The second-order valence-corrected chi connectivity index (χ2v) is 6.37. The van der Waals surface area contributed by atoms with Crippen LogP contribution in [0.3, 0.4) is 0 Å². The second kappa shape index (κ2) is 6.31. The molecule has 0 spiro atoms. The number of nitrogens with zero attached hydrogens (tertiary/aromatic N) is 1. The van der Waals surface area contributed by atoms with E-state index < -0.39 is 0 Å². The third-order valence-corrected chi connectivity index (χ3v) is 3.46. The van der Waals surface area contributed by atoms with Crippen LogP contribution in [-0.2, 0) is 16.6 Å². The van der Waals surface area contributed by atoms with Crippen LogP contribution in [0.15, 0.2) is 34.9 Å². The molecule has 5 heteroatoms. The zero-order valence-electron chi connectivity index (χ0n) is 12.4. The summed E-state index contributed by atoms with van der Waals surface area (Å²) in [5.41, 5.74) is 0.831. The van der Waals surface area contributed by atoms with Crippen molar-refractivity contribution >= 4 is 23.3 Å². The van der Waals surface area contributed by atoms with E-state index in [9.17, 15) is 4.79 Å². The van der Waals surface area contributed by atoms with Crippen molar-refractivity contribution < 1.29 is 9.32 Å². The quantitative estimate of drug-likeness (QED) is 0.921. The zero-order valence-corrected chi connectivity index (χ0v) is 13.2. The van der Waals surface area contributed by atoms with Crippen LogP contribution in [0, 0.1) is 0 Å². The topological polar surface area (TPSA) is 55.1 Å². The van der Waals surface area contributed by atoms with Gasteiger partial charge in [0.1, 0.15) is 5.76 Å². The van der Waals surface area contributed by atoms with Gasteiger partial charge in [0.2, 0.25) is 5.91 Å². The number of hydrogen-bond acceptors (Lipinski definition) is 3. The van der Waals surface area contributed by atoms with Gasteiger partial charge in [0.05, 0.1) is 0 Å². The lowest BCUT2D eigenvalue weighted by Crippen LogP contribution is -2.13. The normalized spacial score (nSPS) is 11.4. The first-order chi connectivity index (χ1) is 9.86. The molecule has 2 aromatic rings. The molecule has 1 N–H and O–H groups in total. The number of nitrogens with one attached hydrogen (secondary N) is 1. The van der Waals surface area contributed by atoms with Crippen LogP contribution >= 0.6 is 11.6 Å². The molecule has 0 saturated heterocycles. The monoisotopic (exact) mass is 306 g/mol. The van der Waals surface area contributed by atoms with E-state index in [1.54, 1.807) is 6.07 Å². The average Bonchev–Trinajstić information content (AvgIpc) is 2.86. The maximum atomic E-state index is 11.9. The molecule has 2 rings (SSSR count). The number of aromatic nitrogens is 1. The first-order valence-electron chi connectivity index (χ1n) is 6.87. The molecule has 1 aromatic heterocycles. The van der Waals surface area contributed by atoms with E-state index in [-0.39, 0.29) is 11.3 Å². The van der Waals surface area contributed by atoms with Gasteiger partial charge < -0.3 is 9.84 Å². The molecule has 0 aliphatic heterocycles. The molecular weight excluding hydrogens is 288 g/mol. The fourth-order valence-corrected chi connectivity index (χ4v) is 2.07. The van der Waals surface area contributed by atoms with Crippen LogP contribution < -0.4 is 5.32 Å². The highest BCUT2D eigenvalue weighted by atomic mass is 35.5. The number of rotatable bonds is 4. The summed E-state index contributed by atoms with van der Waals surface area (Å²) in [4.78, 5) is 11.9. The number of carbonyl (C=O) groups excluding carboxylic acids is 1. The van der Waals surface area contributed by atoms with Crippen molar-refractivity contribution in [2.75, 3.05) is 5.32 Å². The summed E-state index contributed by atoms with van der Waals surface area (Å²) in [5, 5.41) is 7.28. The molecule has 4 nitrogen and oxygen atoms in total. The van der Waals surface area contributed by atoms with E-state index in [0.717, 1.165) is 11.3 Å². The molecule has 112 valence electrons. The Hall–Kier alpha value is -1.81. The van der Waals surface area contributed by atoms with Gasteiger partial charge in [0.25, 0.3) is 0 Å². The Morgan fingerprint density at radius 3 is 2.67 bits per heavy atom. The Balaban J connectivity index is 1.90. The van der Waals surface area contributed by atoms with Crippen molar-refractivity contribution in [1.29, 1.82) is 0 Å². The van der Waals surface area contributed by atoms with Crippen LogP contribution in [-0.4, -0.2) is 11.1 Å². The van der Waals surface area contributed by atoms with Gasteiger partial charge in [-0.15, -0.1) is 0 Å². The molecule has 0 aliphatic carbocycles. The first-order valence-corrected chi connectivity index (χ1v) is 7.24. The van der Waals surface area contributed by atoms with E-state index in [4.69, 9.17) is 16.1 Å². The highest BCUT2D eigenvalue weighted by molar-refractivity contribution is 6.31. The van der Waals surface area contributed by atoms with Crippen molar-refractivity contribution in [2.24, 2.45) is 0 Å². The van der Waals surface area contributed by atoms with Gasteiger partial charge in [0, 0.05) is 22.9 Å². The smallest absolute Gasteiger partial charge is 0.225 e. The van der Waals surface area contributed by atoms with Gasteiger partial charge in [-0.05, 0) is 18.1 Å². The Bertz CT molecular complexity index is 629. The first kappa shape index (κ1) is 15.6. The minimum atomic E-state index is -0.131. The summed E-state index contributed by atoms with van der Waals surface area (Å²) in [7, 11) is 0. The molecule has 1 aromatic carbocycles. The number of hydrogen-bond donors (Lipinski definition) is 1.